The van der Waals surface area contributed by atoms with Gasteiger partial charge in [0.1, 0.15) is 0 Å². The average molecular weight is 297 g/mol. The SMILES string of the molecule is CCCCN(CCCC)C(=O)c1cc(Cl)ccc1NC. The van der Waals surface area contributed by atoms with Gasteiger partial charge in [-0.05, 0) is 31.0 Å². The fourth-order valence-electron chi connectivity index (χ4n) is 2.09. The van der Waals surface area contributed by atoms with Gasteiger partial charge in [-0.3, -0.25) is 4.79 Å². The summed E-state index contributed by atoms with van der Waals surface area (Å²) >= 11 is 6.03. The number of amides is 1. The lowest BCUT2D eigenvalue weighted by Gasteiger charge is -2.23. The number of rotatable bonds is 8. The molecule has 0 saturated heterocycles. The lowest BCUT2D eigenvalue weighted by molar-refractivity contribution is 0.0752. The summed E-state index contributed by atoms with van der Waals surface area (Å²) < 4.78 is 0. The zero-order valence-electron chi connectivity index (χ0n) is 12.7. The van der Waals surface area contributed by atoms with E-state index >= 15 is 0 Å². The molecule has 0 radical (unpaired) electrons. The van der Waals surface area contributed by atoms with E-state index in [0.717, 1.165) is 44.5 Å². The van der Waals surface area contributed by atoms with Crippen LogP contribution < -0.4 is 5.32 Å². The minimum Gasteiger partial charge on any atom is -0.387 e. The van der Waals surface area contributed by atoms with Crippen molar-refractivity contribution in [1.29, 1.82) is 0 Å². The van der Waals surface area contributed by atoms with Crippen LogP contribution in [0.4, 0.5) is 5.69 Å². The molecule has 20 heavy (non-hydrogen) atoms. The number of anilines is 1. The lowest BCUT2D eigenvalue weighted by Crippen LogP contribution is -2.33. The summed E-state index contributed by atoms with van der Waals surface area (Å²) in [6.07, 6.45) is 4.24. The quantitative estimate of drug-likeness (QED) is 0.770. The Balaban J connectivity index is 2.94. The Labute approximate surface area is 127 Å². The molecule has 1 amide bonds. The Morgan fingerprint density at radius 3 is 2.30 bits per heavy atom. The van der Waals surface area contributed by atoms with Gasteiger partial charge >= 0.3 is 0 Å². The highest BCUT2D eigenvalue weighted by Gasteiger charge is 2.18. The predicted molar refractivity (Wildman–Crippen MR) is 86.7 cm³/mol. The fourth-order valence-corrected chi connectivity index (χ4v) is 2.27. The van der Waals surface area contributed by atoms with E-state index in [0.29, 0.717) is 10.6 Å². The number of carbonyl (C=O) groups is 1. The van der Waals surface area contributed by atoms with Crippen molar-refractivity contribution >= 4 is 23.2 Å². The second-order valence-corrected chi connectivity index (χ2v) is 5.38. The highest BCUT2D eigenvalue weighted by molar-refractivity contribution is 6.31. The van der Waals surface area contributed by atoms with Crippen LogP contribution >= 0.6 is 11.6 Å². The maximum Gasteiger partial charge on any atom is 0.256 e. The van der Waals surface area contributed by atoms with Gasteiger partial charge in [0.2, 0.25) is 0 Å². The summed E-state index contributed by atoms with van der Waals surface area (Å²) in [4.78, 5) is 14.7. The van der Waals surface area contributed by atoms with Gasteiger partial charge in [-0.25, -0.2) is 0 Å². The molecule has 0 unspecified atom stereocenters. The van der Waals surface area contributed by atoms with E-state index in [2.05, 4.69) is 19.2 Å². The van der Waals surface area contributed by atoms with E-state index in [4.69, 9.17) is 11.6 Å². The predicted octanol–water partition coefficient (Wildman–Crippen LogP) is 4.42. The summed E-state index contributed by atoms with van der Waals surface area (Å²) in [6.45, 7) is 5.90. The van der Waals surface area contributed by atoms with E-state index in [1.165, 1.54) is 0 Å². The van der Waals surface area contributed by atoms with Crippen molar-refractivity contribution in [3.05, 3.63) is 28.8 Å². The fraction of sp³-hybridized carbons (Fsp3) is 0.562. The largest absolute Gasteiger partial charge is 0.387 e. The number of hydrogen-bond donors (Lipinski definition) is 1. The van der Waals surface area contributed by atoms with Crippen molar-refractivity contribution in [2.45, 2.75) is 39.5 Å². The Bertz CT molecular complexity index is 426. The molecular weight excluding hydrogens is 272 g/mol. The van der Waals surface area contributed by atoms with Gasteiger partial charge in [0, 0.05) is 30.8 Å². The van der Waals surface area contributed by atoms with Gasteiger partial charge in [-0.15, -0.1) is 0 Å². The molecule has 1 rings (SSSR count). The van der Waals surface area contributed by atoms with Crippen molar-refractivity contribution in [3.8, 4) is 0 Å². The number of benzene rings is 1. The molecule has 0 spiro atoms. The van der Waals surface area contributed by atoms with Crippen molar-refractivity contribution in [1.82, 2.24) is 4.90 Å². The molecule has 0 saturated carbocycles. The van der Waals surface area contributed by atoms with Crippen LogP contribution in [0.1, 0.15) is 49.9 Å². The highest BCUT2D eigenvalue weighted by Crippen LogP contribution is 2.22. The van der Waals surface area contributed by atoms with E-state index in [-0.39, 0.29) is 5.91 Å². The molecule has 0 aliphatic heterocycles. The molecule has 0 heterocycles. The monoisotopic (exact) mass is 296 g/mol. The number of hydrogen-bond acceptors (Lipinski definition) is 2. The summed E-state index contributed by atoms with van der Waals surface area (Å²) in [5.74, 6) is 0.0683. The molecule has 0 aliphatic rings. The third-order valence-corrected chi connectivity index (χ3v) is 3.57. The van der Waals surface area contributed by atoms with Gasteiger partial charge in [0.05, 0.1) is 5.56 Å². The van der Waals surface area contributed by atoms with Gasteiger partial charge in [0.15, 0.2) is 0 Å². The summed E-state index contributed by atoms with van der Waals surface area (Å²) in [7, 11) is 1.82. The topological polar surface area (TPSA) is 32.3 Å². The van der Waals surface area contributed by atoms with Crippen molar-refractivity contribution in [2.75, 3.05) is 25.5 Å². The number of halogens is 1. The van der Waals surface area contributed by atoms with Gasteiger partial charge < -0.3 is 10.2 Å². The third-order valence-electron chi connectivity index (χ3n) is 3.33. The first-order valence-corrected chi connectivity index (χ1v) is 7.78. The van der Waals surface area contributed by atoms with Crippen LogP contribution in [0.2, 0.25) is 5.02 Å². The van der Waals surface area contributed by atoms with Crippen LogP contribution in [0.15, 0.2) is 18.2 Å². The minimum atomic E-state index is 0.0683. The smallest absolute Gasteiger partial charge is 0.256 e. The summed E-state index contributed by atoms with van der Waals surface area (Å²) in [5, 5.41) is 3.66. The normalized spacial score (nSPS) is 10.4. The zero-order valence-corrected chi connectivity index (χ0v) is 13.5. The first kappa shape index (κ1) is 16.8. The van der Waals surface area contributed by atoms with Crippen LogP contribution in [0, 0.1) is 0 Å². The molecule has 0 aliphatic carbocycles. The number of carbonyl (C=O) groups excluding carboxylic acids is 1. The second-order valence-electron chi connectivity index (χ2n) is 4.94. The average Bonchev–Trinajstić information content (AvgIpc) is 2.46. The first-order valence-electron chi connectivity index (χ1n) is 7.40. The molecule has 1 N–H and O–H groups in total. The van der Waals surface area contributed by atoms with Crippen molar-refractivity contribution < 1.29 is 4.79 Å². The number of unbranched alkanes of at least 4 members (excludes halogenated alkanes) is 2. The molecule has 4 heteroatoms. The lowest BCUT2D eigenvalue weighted by atomic mass is 10.1. The van der Waals surface area contributed by atoms with Crippen molar-refractivity contribution in [3.63, 3.8) is 0 Å². The van der Waals surface area contributed by atoms with Gasteiger partial charge in [0.25, 0.3) is 5.91 Å². The van der Waals surface area contributed by atoms with E-state index < -0.39 is 0 Å². The van der Waals surface area contributed by atoms with Crippen LogP contribution in [0.25, 0.3) is 0 Å². The van der Waals surface area contributed by atoms with Gasteiger partial charge in [-0.1, -0.05) is 38.3 Å². The Kier molecular flexibility index (Phi) is 7.45. The van der Waals surface area contributed by atoms with Gasteiger partial charge in [-0.2, -0.15) is 0 Å². The Morgan fingerprint density at radius 1 is 1.20 bits per heavy atom. The van der Waals surface area contributed by atoms with Crippen LogP contribution in [0.5, 0.6) is 0 Å². The zero-order chi connectivity index (χ0) is 15.0. The number of nitrogens with zero attached hydrogens (tertiary/aromatic N) is 1. The molecule has 1 aromatic rings. The molecular formula is C16H25ClN2O. The standard InChI is InChI=1S/C16H25ClN2O/c1-4-6-10-19(11-7-5-2)16(20)14-12-13(17)8-9-15(14)18-3/h8-9,12,18H,4-7,10-11H2,1-3H3. The Hall–Kier alpha value is -1.22. The minimum absolute atomic E-state index is 0.0683. The molecule has 112 valence electrons. The summed E-state index contributed by atoms with van der Waals surface area (Å²) in [6, 6.07) is 5.40. The maximum absolute atomic E-state index is 12.7. The summed E-state index contributed by atoms with van der Waals surface area (Å²) in [5.41, 5.74) is 1.49. The molecule has 3 nitrogen and oxygen atoms in total. The third kappa shape index (κ3) is 4.71. The van der Waals surface area contributed by atoms with Crippen molar-refractivity contribution in [2.24, 2.45) is 0 Å². The molecule has 0 aromatic heterocycles. The van der Waals surface area contributed by atoms with E-state index in [9.17, 15) is 4.79 Å². The number of nitrogens with one attached hydrogen (secondary N) is 1. The van der Waals surface area contributed by atoms with Crippen LogP contribution in [-0.2, 0) is 0 Å². The molecule has 0 atom stereocenters. The Morgan fingerprint density at radius 2 is 1.80 bits per heavy atom. The van der Waals surface area contributed by atoms with E-state index in [1.807, 2.05) is 18.0 Å². The second kappa shape index (κ2) is 8.85. The highest BCUT2D eigenvalue weighted by atomic mass is 35.5. The first-order chi connectivity index (χ1) is 9.63. The van der Waals surface area contributed by atoms with Crippen LogP contribution in [-0.4, -0.2) is 30.9 Å². The molecule has 0 bridgehead atoms. The molecule has 0 fully saturated rings. The maximum atomic E-state index is 12.7. The van der Waals surface area contributed by atoms with E-state index in [1.54, 1.807) is 12.1 Å². The van der Waals surface area contributed by atoms with Crippen LogP contribution in [0.3, 0.4) is 0 Å². The molecule has 1 aromatic carbocycles.